The number of carbonyl (C=O) groups excluding carboxylic acids is 3. The zero-order valence-corrected chi connectivity index (χ0v) is 15.0. The molecule has 0 aliphatic heterocycles. The first-order chi connectivity index (χ1) is 12.6. The minimum Gasteiger partial charge on any atom is -0.462 e. The number of allylic oxidation sites excluding steroid dienone is 2. The highest BCUT2D eigenvalue weighted by molar-refractivity contribution is 5.94. The number of carbonyl (C=O) groups is 3. The number of unbranched alkanes of at least 4 members (excludes halogenated alkanes) is 1. The number of esters is 2. The molecular formula is C20H25NO5. The lowest BCUT2D eigenvalue weighted by Gasteiger charge is -2.09. The number of hydrogen-bond acceptors (Lipinski definition) is 5. The van der Waals surface area contributed by atoms with Gasteiger partial charge in [-0.1, -0.05) is 25.5 Å². The van der Waals surface area contributed by atoms with Gasteiger partial charge in [-0.2, -0.15) is 0 Å². The monoisotopic (exact) mass is 359 g/mol. The van der Waals surface area contributed by atoms with E-state index in [4.69, 9.17) is 9.47 Å². The predicted octanol–water partition coefficient (Wildman–Crippen LogP) is 3.48. The maximum atomic E-state index is 11.9. The smallest absolute Gasteiger partial charge is 0.338 e. The lowest BCUT2D eigenvalue weighted by Crippen LogP contribution is -2.21. The van der Waals surface area contributed by atoms with Crippen LogP contribution in [0.3, 0.4) is 0 Å². The van der Waals surface area contributed by atoms with Crippen LogP contribution in [0.25, 0.3) is 0 Å². The number of nitrogens with one attached hydrogen (secondary N) is 1. The van der Waals surface area contributed by atoms with Crippen LogP contribution in [0.4, 0.5) is 5.69 Å². The van der Waals surface area contributed by atoms with Crippen molar-refractivity contribution in [3.8, 4) is 0 Å². The molecule has 0 saturated carbocycles. The van der Waals surface area contributed by atoms with E-state index in [1.807, 2.05) is 19.1 Å². The summed E-state index contributed by atoms with van der Waals surface area (Å²) in [5, 5.41) is 2.63. The van der Waals surface area contributed by atoms with Crippen molar-refractivity contribution in [1.82, 2.24) is 0 Å². The van der Waals surface area contributed by atoms with Gasteiger partial charge in [0.05, 0.1) is 18.6 Å². The fourth-order valence-corrected chi connectivity index (χ4v) is 2.56. The Balaban J connectivity index is 1.71. The molecule has 6 nitrogen and oxygen atoms in total. The van der Waals surface area contributed by atoms with Gasteiger partial charge in [0, 0.05) is 5.69 Å². The summed E-state index contributed by atoms with van der Waals surface area (Å²) in [4.78, 5) is 35.4. The number of amides is 1. The van der Waals surface area contributed by atoms with Crippen LogP contribution in [-0.2, 0) is 19.1 Å². The van der Waals surface area contributed by atoms with Gasteiger partial charge in [0.1, 0.15) is 0 Å². The summed E-state index contributed by atoms with van der Waals surface area (Å²) in [5.41, 5.74) is 0.949. The minimum atomic E-state index is -0.418. The van der Waals surface area contributed by atoms with Crippen LogP contribution in [0, 0.1) is 5.92 Å². The average Bonchev–Trinajstić information content (AvgIpc) is 3.13. The molecule has 1 atom stereocenters. The number of benzene rings is 1. The molecule has 1 aromatic carbocycles. The van der Waals surface area contributed by atoms with Gasteiger partial charge in [-0.3, -0.25) is 9.59 Å². The van der Waals surface area contributed by atoms with Crippen LogP contribution in [0.15, 0.2) is 36.4 Å². The minimum absolute atomic E-state index is 0.218. The largest absolute Gasteiger partial charge is 0.462 e. The average molecular weight is 359 g/mol. The number of hydrogen-bond donors (Lipinski definition) is 1. The van der Waals surface area contributed by atoms with E-state index in [0.717, 1.165) is 25.7 Å². The van der Waals surface area contributed by atoms with Crippen LogP contribution >= 0.6 is 0 Å². The molecule has 1 N–H and O–H groups in total. The number of ether oxygens (including phenoxy) is 2. The van der Waals surface area contributed by atoms with Crippen molar-refractivity contribution in [2.75, 3.05) is 18.5 Å². The first-order valence-electron chi connectivity index (χ1n) is 8.97. The summed E-state index contributed by atoms with van der Waals surface area (Å²) in [7, 11) is 0. The molecule has 1 aromatic rings. The molecule has 6 heteroatoms. The fraction of sp³-hybridized carbons (Fsp3) is 0.450. The van der Waals surface area contributed by atoms with Crippen LogP contribution < -0.4 is 5.32 Å². The molecule has 0 radical (unpaired) electrons. The molecule has 2 rings (SSSR count). The van der Waals surface area contributed by atoms with Gasteiger partial charge in [-0.05, 0) is 49.4 Å². The summed E-state index contributed by atoms with van der Waals surface area (Å²) in [6, 6.07) is 6.39. The second-order valence-corrected chi connectivity index (χ2v) is 6.25. The van der Waals surface area contributed by atoms with Crippen LogP contribution in [0.5, 0.6) is 0 Å². The third-order valence-corrected chi connectivity index (χ3v) is 4.04. The van der Waals surface area contributed by atoms with Gasteiger partial charge >= 0.3 is 11.9 Å². The maximum absolute atomic E-state index is 11.9. The van der Waals surface area contributed by atoms with E-state index in [2.05, 4.69) is 5.32 Å². The zero-order valence-electron chi connectivity index (χ0n) is 15.0. The Labute approximate surface area is 153 Å². The second-order valence-electron chi connectivity index (χ2n) is 6.25. The van der Waals surface area contributed by atoms with Crippen molar-refractivity contribution in [2.45, 2.75) is 39.0 Å². The van der Waals surface area contributed by atoms with Crippen molar-refractivity contribution in [2.24, 2.45) is 5.92 Å². The summed E-state index contributed by atoms with van der Waals surface area (Å²) in [6.45, 7) is 2.10. The third-order valence-electron chi connectivity index (χ3n) is 4.04. The Bertz CT molecular complexity index is 651. The van der Waals surface area contributed by atoms with Crippen molar-refractivity contribution in [1.29, 1.82) is 0 Å². The SMILES string of the molecule is CCCCOC(=O)c1ccc(NC(=O)COC(=O)C[C@H]2C=CCC2)cc1. The van der Waals surface area contributed by atoms with E-state index in [9.17, 15) is 14.4 Å². The van der Waals surface area contributed by atoms with Gasteiger partial charge in [0.2, 0.25) is 0 Å². The highest BCUT2D eigenvalue weighted by atomic mass is 16.5. The van der Waals surface area contributed by atoms with Gasteiger partial charge in [0.25, 0.3) is 5.91 Å². The zero-order chi connectivity index (χ0) is 18.8. The molecule has 0 unspecified atom stereocenters. The fourth-order valence-electron chi connectivity index (χ4n) is 2.56. The van der Waals surface area contributed by atoms with Crippen molar-refractivity contribution < 1.29 is 23.9 Å². The van der Waals surface area contributed by atoms with Crippen molar-refractivity contribution >= 4 is 23.5 Å². The Kier molecular flexibility index (Phi) is 7.86. The van der Waals surface area contributed by atoms with Crippen molar-refractivity contribution in [3.05, 3.63) is 42.0 Å². The van der Waals surface area contributed by atoms with Crippen molar-refractivity contribution in [3.63, 3.8) is 0 Å². The highest BCUT2D eigenvalue weighted by Crippen LogP contribution is 2.20. The molecule has 26 heavy (non-hydrogen) atoms. The molecule has 1 aliphatic rings. The topological polar surface area (TPSA) is 81.7 Å². The van der Waals surface area contributed by atoms with E-state index in [1.165, 1.54) is 0 Å². The number of anilines is 1. The molecule has 1 aliphatic carbocycles. The standard InChI is InChI=1S/C20H25NO5/c1-2-3-12-25-20(24)16-8-10-17(11-9-16)21-18(22)14-26-19(23)13-15-6-4-5-7-15/h4,6,8-11,15H,2-3,5,7,12-14H2,1H3,(H,21,22)/t15-/m0/s1. The first kappa shape index (κ1) is 19.7. The van der Waals surface area contributed by atoms with E-state index in [-0.39, 0.29) is 24.5 Å². The first-order valence-corrected chi connectivity index (χ1v) is 8.97. The Hall–Kier alpha value is -2.63. The van der Waals surface area contributed by atoms with E-state index >= 15 is 0 Å². The van der Waals surface area contributed by atoms with Gasteiger partial charge in [-0.15, -0.1) is 0 Å². The lowest BCUT2D eigenvalue weighted by atomic mass is 10.1. The second kappa shape index (κ2) is 10.4. The van der Waals surface area contributed by atoms with E-state index < -0.39 is 5.91 Å². The third kappa shape index (κ3) is 6.70. The van der Waals surface area contributed by atoms with E-state index in [0.29, 0.717) is 24.3 Å². The Morgan fingerprint density at radius 3 is 2.58 bits per heavy atom. The quantitative estimate of drug-likeness (QED) is 0.415. The van der Waals surface area contributed by atoms with Gasteiger partial charge in [-0.25, -0.2) is 4.79 Å². The predicted molar refractivity (Wildman–Crippen MR) is 97.7 cm³/mol. The van der Waals surface area contributed by atoms with Gasteiger partial charge < -0.3 is 14.8 Å². The molecule has 0 heterocycles. The highest BCUT2D eigenvalue weighted by Gasteiger charge is 2.16. The summed E-state index contributed by atoms with van der Waals surface area (Å²) in [5.74, 6) is -0.957. The Morgan fingerprint density at radius 1 is 1.15 bits per heavy atom. The van der Waals surface area contributed by atoms with Crippen LogP contribution in [0.1, 0.15) is 49.4 Å². The molecule has 0 bridgehead atoms. The summed E-state index contributed by atoms with van der Waals surface area (Å²) >= 11 is 0. The lowest BCUT2D eigenvalue weighted by molar-refractivity contribution is -0.147. The normalized spacial score (nSPS) is 15.5. The Morgan fingerprint density at radius 2 is 1.92 bits per heavy atom. The molecule has 0 spiro atoms. The van der Waals surface area contributed by atoms with Gasteiger partial charge in [0.15, 0.2) is 6.61 Å². The molecule has 0 saturated heterocycles. The summed E-state index contributed by atoms with van der Waals surface area (Å²) in [6.07, 6.45) is 8.09. The summed E-state index contributed by atoms with van der Waals surface area (Å²) < 4.78 is 10.1. The van der Waals surface area contributed by atoms with E-state index in [1.54, 1.807) is 24.3 Å². The molecule has 0 aromatic heterocycles. The maximum Gasteiger partial charge on any atom is 0.338 e. The molecule has 140 valence electrons. The molecule has 1 amide bonds. The van der Waals surface area contributed by atoms with Crippen LogP contribution in [-0.4, -0.2) is 31.1 Å². The van der Waals surface area contributed by atoms with Crippen LogP contribution in [0.2, 0.25) is 0 Å². The molecular weight excluding hydrogens is 334 g/mol. The molecule has 0 fully saturated rings. The number of rotatable bonds is 9.